The fraction of sp³-hybridized carbons (Fsp3) is 0.762. The second-order valence-electron chi connectivity index (χ2n) is 8.29. The third-order valence-electron chi connectivity index (χ3n) is 6.00. The molecule has 0 bridgehead atoms. The molecule has 2 fully saturated rings. The van der Waals surface area contributed by atoms with E-state index in [1.54, 1.807) is 13.4 Å². The molecule has 0 spiro atoms. The van der Waals surface area contributed by atoms with E-state index in [1.807, 2.05) is 0 Å². The molecule has 3 heterocycles. The van der Waals surface area contributed by atoms with Gasteiger partial charge in [-0.05, 0) is 38.1 Å². The quantitative estimate of drug-likeness (QED) is 0.720. The molecule has 7 nitrogen and oxygen atoms in total. The highest BCUT2D eigenvalue weighted by molar-refractivity contribution is 5.78. The van der Waals surface area contributed by atoms with Crippen LogP contribution in [0.1, 0.15) is 51.1 Å². The second-order valence-corrected chi connectivity index (χ2v) is 8.29. The highest BCUT2D eigenvalue weighted by Gasteiger charge is 2.31. The van der Waals surface area contributed by atoms with Gasteiger partial charge >= 0.3 is 0 Å². The molecule has 2 aliphatic heterocycles. The van der Waals surface area contributed by atoms with Gasteiger partial charge < -0.3 is 15.0 Å². The van der Waals surface area contributed by atoms with E-state index in [4.69, 9.17) is 4.74 Å². The Morgan fingerprint density at radius 1 is 1.25 bits per heavy atom. The summed E-state index contributed by atoms with van der Waals surface area (Å²) in [7, 11) is 1.66. The Kier molecular flexibility index (Phi) is 7.62. The Morgan fingerprint density at radius 2 is 2.04 bits per heavy atom. The standard InChI is InChI=1S/C21H35N5O2/c1-16(2)19-13-20(24-15-23-19)25-10-6-18(7-11-25)26-9-4-5-17(14-26)21(27)22-8-12-28-3/h13,15-18H,4-12,14H2,1-3H3,(H,22,27). The first-order valence-electron chi connectivity index (χ1n) is 10.7. The third kappa shape index (κ3) is 5.41. The Bertz CT molecular complexity index is 631. The molecule has 1 atom stereocenters. The van der Waals surface area contributed by atoms with Gasteiger partial charge in [0.25, 0.3) is 0 Å². The molecule has 0 saturated carbocycles. The summed E-state index contributed by atoms with van der Waals surface area (Å²) in [6.07, 6.45) is 6.03. The molecule has 2 saturated heterocycles. The predicted molar refractivity (Wildman–Crippen MR) is 111 cm³/mol. The average Bonchev–Trinajstić information content (AvgIpc) is 2.74. The molecule has 0 radical (unpaired) electrons. The molecule has 7 heteroatoms. The van der Waals surface area contributed by atoms with Gasteiger partial charge in [0, 0.05) is 51.1 Å². The number of methoxy groups -OCH3 is 1. The minimum absolute atomic E-state index is 0.110. The number of piperidine rings is 2. The van der Waals surface area contributed by atoms with Gasteiger partial charge in [-0.25, -0.2) is 9.97 Å². The van der Waals surface area contributed by atoms with Gasteiger partial charge in [0.05, 0.1) is 12.5 Å². The van der Waals surface area contributed by atoms with Crippen molar-refractivity contribution in [1.29, 1.82) is 0 Å². The molecule has 156 valence electrons. The maximum absolute atomic E-state index is 12.4. The topological polar surface area (TPSA) is 70.6 Å². The van der Waals surface area contributed by atoms with Gasteiger partial charge in [0.15, 0.2) is 0 Å². The first-order chi connectivity index (χ1) is 13.6. The molecule has 0 aliphatic carbocycles. The number of likely N-dealkylation sites (tertiary alicyclic amines) is 1. The lowest BCUT2D eigenvalue weighted by Crippen LogP contribution is -2.51. The number of nitrogens with zero attached hydrogens (tertiary/aromatic N) is 4. The molecule has 3 rings (SSSR count). The van der Waals surface area contributed by atoms with Crippen molar-refractivity contribution in [3.05, 3.63) is 18.1 Å². The number of nitrogens with one attached hydrogen (secondary N) is 1. The lowest BCUT2D eigenvalue weighted by molar-refractivity contribution is -0.127. The molecule has 1 unspecified atom stereocenters. The van der Waals surface area contributed by atoms with Crippen LogP contribution < -0.4 is 10.2 Å². The van der Waals surface area contributed by atoms with E-state index in [0.29, 0.717) is 25.1 Å². The SMILES string of the molecule is COCCNC(=O)C1CCCN(C2CCN(c3cc(C(C)C)ncn3)CC2)C1. The van der Waals surface area contributed by atoms with Crippen LogP contribution in [0.4, 0.5) is 5.82 Å². The molecular weight excluding hydrogens is 354 g/mol. The van der Waals surface area contributed by atoms with E-state index in [9.17, 15) is 4.79 Å². The molecule has 1 amide bonds. The zero-order valence-electron chi connectivity index (χ0n) is 17.6. The van der Waals surface area contributed by atoms with Crippen LogP contribution in [-0.4, -0.2) is 73.3 Å². The summed E-state index contributed by atoms with van der Waals surface area (Å²) in [4.78, 5) is 26.2. The first kappa shape index (κ1) is 21.0. The number of anilines is 1. The van der Waals surface area contributed by atoms with Crippen LogP contribution in [0.15, 0.2) is 12.4 Å². The monoisotopic (exact) mass is 389 g/mol. The number of aromatic nitrogens is 2. The Balaban J connectivity index is 1.50. The third-order valence-corrected chi connectivity index (χ3v) is 6.00. The van der Waals surface area contributed by atoms with Crippen molar-refractivity contribution in [3.63, 3.8) is 0 Å². The molecule has 0 aromatic carbocycles. The van der Waals surface area contributed by atoms with Gasteiger partial charge in [-0.2, -0.15) is 0 Å². The minimum Gasteiger partial charge on any atom is -0.383 e. The Labute approximate surface area is 168 Å². The smallest absolute Gasteiger partial charge is 0.224 e. The van der Waals surface area contributed by atoms with Gasteiger partial charge in [-0.3, -0.25) is 9.69 Å². The zero-order valence-corrected chi connectivity index (χ0v) is 17.6. The first-order valence-corrected chi connectivity index (χ1v) is 10.7. The fourth-order valence-electron chi connectivity index (χ4n) is 4.28. The molecule has 1 aromatic rings. The van der Waals surface area contributed by atoms with Crippen LogP contribution in [0.3, 0.4) is 0 Å². The van der Waals surface area contributed by atoms with E-state index in [-0.39, 0.29) is 11.8 Å². The predicted octanol–water partition coefficient (Wildman–Crippen LogP) is 2.04. The molecule has 2 aliphatic rings. The van der Waals surface area contributed by atoms with Gasteiger partial charge in [-0.1, -0.05) is 13.8 Å². The maximum Gasteiger partial charge on any atom is 0.224 e. The summed E-state index contributed by atoms with van der Waals surface area (Å²) in [5.41, 5.74) is 1.10. The Hall–Kier alpha value is -1.73. The summed E-state index contributed by atoms with van der Waals surface area (Å²) in [6.45, 7) is 9.52. The Morgan fingerprint density at radius 3 is 2.75 bits per heavy atom. The van der Waals surface area contributed by atoms with E-state index < -0.39 is 0 Å². The fourth-order valence-corrected chi connectivity index (χ4v) is 4.28. The van der Waals surface area contributed by atoms with Crippen molar-refractivity contribution >= 4 is 11.7 Å². The molecular formula is C21H35N5O2. The van der Waals surface area contributed by atoms with E-state index in [2.05, 4.69) is 45.0 Å². The summed E-state index contributed by atoms with van der Waals surface area (Å²) < 4.78 is 5.02. The molecule has 28 heavy (non-hydrogen) atoms. The molecule has 1 aromatic heterocycles. The van der Waals surface area contributed by atoms with Gasteiger partial charge in [0.1, 0.15) is 12.1 Å². The van der Waals surface area contributed by atoms with Crippen molar-refractivity contribution in [3.8, 4) is 0 Å². The van der Waals surface area contributed by atoms with Crippen LogP contribution in [0.5, 0.6) is 0 Å². The highest BCUT2D eigenvalue weighted by atomic mass is 16.5. The summed E-state index contributed by atoms with van der Waals surface area (Å²) in [6, 6.07) is 2.70. The average molecular weight is 390 g/mol. The molecule has 1 N–H and O–H groups in total. The van der Waals surface area contributed by atoms with Crippen LogP contribution >= 0.6 is 0 Å². The summed E-state index contributed by atoms with van der Waals surface area (Å²) in [5, 5.41) is 3.01. The van der Waals surface area contributed by atoms with E-state index >= 15 is 0 Å². The van der Waals surface area contributed by atoms with Crippen molar-refractivity contribution in [2.24, 2.45) is 5.92 Å². The van der Waals surface area contributed by atoms with Crippen molar-refractivity contribution in [2.75, 3.05) is 51.3 Å². The highest BCUT2D eigenvalue weighted by Crippen LogP contribution is 2.26. The van der Waals surface area contributed by atoms with E-state index in [1.165, 1.54) is 0 Å². The number of carbonyl (C=O) groups excluding carboxylic acids is 1. The number of ether oxygens (including phenoxy) is 1. The minimum atomic E-state index is 0.110. The van der Waals surface area contributed by atoms with Gasteiger partial charge in [0.2, 0.25) is 5.91 Å². The zero-order chi connectivity index (χ0) is 19.9. The number of amides is 1. The summed E-state index contributed by atoms with van der Waals surface area (Å²) in [5.74, 6) is 1.76. The lowest BCUT2D eigenvalue weighted by Gasteiger charge is -2.42. The van der Waals surface area contributed by atoms with Crippen LogP contribution in [-0.2, 0) is 9.53 Å². The van der Waals surface area contributed by atoms with Crippen molar-refractivity contribution in [1.82, 2.24) is 20.2 Å². The van der Waals surface area contributed by atoms with Crippen LogP contribution in [0.2, 0.25) is 0 Å². The summed E-state index contributed by atoms with van der Waals surface area (Å²) >= 11 is 0. The number of hydrogen-bond acceptors (Lipinski definition) is 6. The normalized spacial score (nSPS) is 21.9. The van der Waals surface area contributed by atoms with Crippen molar-refractivity contribution < 1.29 is 9.53 Å². The number of hydrogen-bond donors (Lipinski definition) is 1. The van der Waals surface area contributed by atoms with E-state index in [0.717, 1.165) is 63.4 Å². The maximum atomic E-state index is 12.4. The largest absolute Gasteiger partial charge is 0.383 e. The number of rotatable bonds is 7. The van der Waals surface area contributed by atoms with Crippen LogP contribution in [0.25, 0.3) is 0 Å². The number of carbonyl (C=O) groups is 1. The van der Waals surface area contributed by atoms with Crippen molar-refractivity contribution in [2.45, 2.75) is 51.5 Å². The lowest BCUT2D eigenvalue weighted by atomic mass is 9.93. The second kappa shape index (κ2) is 10.2. The van der Waals surface area contributed by atoms with Crippen LogP contribution in [0, 0.1) is 5.92 Å². The van der Waals surface area contributed by atoms with Gasteiger partial charge in [-0.15, -0.1) is 0 Å².